The minimum atomic E-state index is -0.500. The molecule has 10 unspecified atom stereocenters. The number of carbonyl (C=O) groups is 2. The van der Waals surface area contributed by atoms with Crippen molar-refractivity contribution in [1.82, 2.24) is 0 Å². The quantitative estimate of drug-likeness (QED) is 0.415. The van der Waals surface area contributed by atoms with Crippen LogP contribution >= 0.6 is 0 Å². The number of rotatable bonds is 1. The van der Waals surface area contributed by atoms with Crippen molar-refractivity contribution in [1.29, 1.82) is 0 Å². The lowest BCUT2D eigenvalue weighted by atomic mass is 9.36. The van der Waals surface area contributed by atoms with Crippen molar-refractivity contribution >= 4 is 11.8 Å². The summed E-state index contributed by atoms with van der Waals surface area (Å²) in [5.41, 5.74) is 0.176. The number of carboxylic acid groups (broad SMARTS) is 1. The highest BCUT2D eigenvalue weighted by molar-refractivity contribution is 5.82. The van der Waals surface area contributed by atoms with Gasteiger partial charge in [0.2, 0.25) is 0 Å². The summed E-state index contributed by atoms with van der Waals surface area (Å²) in [5, 5.41) is 10.3. The van der Waals surface area contributed by atoms with E-state index in [2.05, 4.69) is 34.3 Å². The molecule has 0 saturated heterocycles. The third-order valence-electron chi connectivity index (χ3n) is 11.9. The molecule has 0 radical (unpaired) electrons. The van der Waals surface area contributed by atoms with E-state index in [1.807, 2.05) is 6.92 Å². The van der Waals surface area contributed by atoms with E-state index in [0.29, 0.717) is 52.1 Å². The van der Waals surface area contributed by atoms with Crippen molar-refractivity contribution in [2.24, 2.45) is 57.7 Å². The van der Waals surface area contributed by atoms with Crippen LogP contribution in [0.5, 0.6) is 0 Å². The number of carboxylic acids is 1. The van der Waals surface area contributed by atoms with Gasteiger partial charge in [-0.1, -0.05) is 46.6 Å². The van der Waals surface area contributed by atoms with E-state index in [1.165, 1.54) is 32.1 Å². The second-order valence-electron chi connectivity index (χ2n) is 13.1. The number of aliphatic carboxylic acids is 1. The highest BCUT2D eigenvalue weighted by Gasteiger charge is 2.66. The summed E-state index contributed by atoms with van der Waals surface area (Å²) >= 11 is 0. The van der Waals surface area contributed by atoms with Gasteiger partial charge in [-0.15, -0.1) is 6.58 Å². The molecule has 3 heteroatoms. The van der Waals surface area contributed by atoms with Crippen molar-refractivity contribution in [2.45, 2.75) is 105 Å². The summed E-state index contributed by atoms with van der Waals surface area (Å²) in [6, 6.07) is 0. The zero-order valence-corrected chi connectivity index (χ0v) is 21.9. The Balaban J connectivity index is 0.000000821. The second-order valence-corrected chi connectivity index (χ2v) is 13.1. The van der Waals surface area contributed by atoms with Gasteiger partial charge in [0.25, 0.3) is 0 Å². The first kappa shape index (κ1) is 25.0. The number of hydrogen-bond donors (Lipinski definition) is 1. The van der Waals surface area contributed by atoms with Crippen LogP contribution in [0.2, 0.25) is 0 Å². The molecule has 5 saturated carbocycles. The molecule has 5 fully saturated rings. The molecule has 0 heterocycles. The Hall–Kier alpha value is -1.12. The van der Waals surface area contributed by atoms with Gasteiger partial charge in [-0.05, 0) is 105 Å². The average molecular weight is 457 g/mol. The van der Waals surface area contributed by atoms with Crippen molar-refractivity contribution in [2.75, 3.05) is 0 Å². The molecule has 33 heavy (non-hydrogen) atoms. The zero-order valence-electron chi connectivity index (χ0n) is 21.9. The fourth-order valence-electron chi connectivity index (χ4n) is 10.7. The van der Waals surface area contributed by atoms with Crippen molar-refractivity contribution in [3.8, 4) is 0 Å². The molecule has 186 valence electrons. The molecule has 0 aromatic rings. The average Bonchev–Trinajstić information content (AvgIpc) is 2.76. The van der Waals surface area contributed by atoms with Crippen LogP contribution in [0, 0.1) is 57.7 Å². The van der Waals surface area contributed by atoms with E-state index >= 15 is 0 Å². The Labute approximate surface area is 202 Å². The molecule has 1 N–H and O–H groups in total. The van der Waals surface area contributed by atoms with Gasteiger partial charge in [0.05, 0.1) is 5.41 Å². The van der Waals surface area contributed by atoms with Crippen LogP contribution in [-0.4, -0.2) is 16.9 Å². The maximum atomic E-state index is 12.6. The van der Waals surface area contributed by atoms with Crippen LogP contribution < -0.4 is 0 Å². The summed E-state index contributed by atoms with van der Waals surface area (Å²) < 4.78 is 0. The van der Waals surface area contributed by atoms with Gasteiger partial charge in [-0.25, -0.2) is 0 Å². The number of carbonyl (C=O) groups excluding carboxylic acids is 1. The van der Waals surface area contributed by atoms with Gasteiger partial charge < -0.3 is 5.11 Å². The van der Waals surface area contributed by atoms with E-state index in [4.69, 9.17) is 0 Å². The third-order valence-corrected chi connectivity index (χ3v) is 11.9. The number of fused-ring (bicyclic) bond motifs is 7. The molecule has 5 aliphatic carbocycles. The number of allylic oxidation sites excluding steroid dienone is 1. The molecule has 0 aliphatic heterocycles. The Bertz CT molecular complexity index is 787. The van der Waals surface area contributed by atoms with Gasteiger partial charge in [-0.3, -0.25) is 9.59 Å². The highest BCUT2D eigenvalue weighted by atomic mass is 16.4. The van der Waals surface area contributed by atoms with Crippen LogP contribution in [0.3, 0.4) is 0 Å². The smallest absolute Gasteiger partial charge is 0.309 e. The predicted octanol–water partition coefficient (Wildman–Crippen LogP) is 7.54. The molecule has 0 bridgehead atoms. The summed E-state index contributed by atoms with van der Waals surface area (Å²) in [6.45, 7) is 14.9. The van der Waals surface area contributed by atoms with E-state index in [-0.39, 0.29) is 5.92 Å². The highest BCUT2D eigenvalue weighted by Crippen LogP contribution is 2.71. The van der Waals surface area contributed by atoms with Crippen LogP contribution in [0.1, 0.15) is 105 Å². The molecule has 3 nitrogen and oxygen atoms in total. The Morgan fingerprint density at radius 2 is 1.61 bits per heavy atom. The van der Waals surface area contributed by atoms with Gasteiger partial charge in [0.15, 0.2) is 0 Å². The SMILES string of the molecule is C=CC.CC1CCCC2(C(=O)O)CCC3C(CCC4C5(C)CCC(=O)C(C)C5CCC34C)C12. The molecule has 5 rings (SSSR count). The number of ketones is 1. The minimum Gasteiger partial charge on any atom is -0.481 e. The van der Waals surface area contributed by atoms with Crippen LogP contribution in [0.15, 0.2) is 12.7 Å². The maximum absolute atomic E-state index is 12.6. The largest absolute Gasteiger partial charge is 0.481 e. The lowest BCUT2D eigenvalue weighted by molar-refractivity contribution is -0.205. The van der Waals surface area contributed by atoms with Crippen molar-refractivity contribution in [3.05, 3.63) is 12.7 Å². The van der Waals surface area contributed by atoms with E-state index < -0.39 is 11.4 Å². The first-order chi connectivity index (χ1) is 15.6. The van der Waals surface area contributed by atoms with Gasteiger partial charge >= 0.3 is 5.97 Å². The molecule has 10 atom stereocenters. The molecule has 0 aromatic heterocycles. The molecule has 5 aliphatic rings. The summed E-state index contributed by atoms with van der Waals surface area (Å²) in [4.78, 5) is 25.1. The monoisotopic (exact) mass is 456 g/mol. The van der Waals surface area contributed by atoms with Crippen LogP contribution in [0.25, 0.3) is 0 Å². The van der Waals surface area contributed by atoms with Gasteiger partial charge in [-0.2, -0.15) is 0 Å². The van der Waals surface area contributed by atoms with E-state index in [0.717, 1.165) is 38.5 Å². The van der Waals surface area contributed by atoms with Crippen molar-refractivity contribution in [3.63, 3.8) is 0 Å². The molecule has 0 aromatic carbocycles. The third kappa shape index (κ3) is 3.57. The number of Topliss-reactive ketones (excluding diaryl/α,β-unsaturated/α-hetero) is 1. The molecule has 0 spiro atoms. The lowest BCUT2D eigenvalue weighted by Crippen LogP contribution is -2.63. The summed E-state index contributed by atoms with van der Waals surface area (Å²) in [5.74, 6) is 3.68. The second kappa shape index (κ2) is 8.83. The normalized spacial score (nSPS) is 50.9. The summed E-state index contributed by atoms with van der Waals surface area (Å²) in [6.07, 6.45) is 13.7. The Morgan fingerprint density at radius 3 is 2.27 bits per heavy atom. The Morgan fingerprint density at radius 1 is 0.970 bits per heavy atom. The molecular weight excluding hydrogens is 408 g/mol. The van der Waals surface area contributed by atoms with Gasteiger partial charge in [0.1, 0.15) is 5.78 Å². The number of hydrogen-bond acceptors (Lipinski definition) is 2. The first-order valence-corrected chi connectivity index (χ1v) is 13.9. The summed E-state index contributed by atoms with van der Waals surface area (Å²) in [7, 11) is 0. The van der Waals surface area contributed by atoms with Crippen LogP contribution in [0.4, 0.5) is 0 Å². The predicted molar refractivity (Wildman–Crippen MR) is 134 cm³/mol. The van der Waals surface area contributed by atoms with Gasteiger partial charge in [0, 0.05) is 12.3 Å². The maximum Gasteiger partial charge on any atom is 0.309 e. The van der Waals surface area contributed by atoms with Crippen molar-refractivity contribution < 1.29 is 14.7 Å². The first-order valence-electron chi connectivity index (χ1n) is 13.9. The fourth-order valence-corrected chi connectivity index (χ4v) is 10.7. The minimum absolute atomic E-state index is 0.232. The standard InChI is InChI=1S/C27H42O3.C3H6/c1-16-6-5-12-27(24(29)30)15-10-20-18(23(16)27)7-8-22-25(3)14-11-21(28)17(2)19(25)9-13-26(20,22)4;1-3-2/h16-20,22-23H,5-15H2,1-4H3,(H,29,30);3H,1H2,2H3. The van der Waals surface area contributed by atoms with E-state index in [1.54, 1.807) is 6.08 Å². The van der Waals surface area contributed by atoms with E-state index in [9.17, 15) is 14.7 Å². The Kier molecular flexibility index (Phi) is 6.69. The van der Waals surface area contributed by atoms with Crippen LogP contribution in [-0.2, 0) is 9.59 Å². The molecule has 0 amide bonds. The lowest BCUT2D eigenvalue weighted by Gasteiger charge is -2.68. The topological polar surface area (TPSA) is 54.4 Å². The molecular formula is C30H48O3. The zero-order chi connectivity index (χ0) is 24.2. The fraction of sp³-hybridized carbons (Fsp3) is 0.867.